The molecule has 1 unspecified atom stereocenters. The van der Waals surface area contributed by atoms with Crippen LogP contribution in [0.5, 0.6) is 0 Å². The number of hydrogen-bond acceptors (Lipinski definition) is 3. The predicted octanol–water partition coefficient (Wildman–Crippen LogP) is 4.92. The third kappa shape index (κ3) is 3.35. The first-order valence-electron chi connectivity index (χ1n) is 6.28. The number of nitrogens with one attached hydrogen (secondary N) is 1. The van der Waals surface area contributed by atoms with Crippen molar-refractivity contribution >= 4 is 34.3 Å². The summed E-state index contributed by atoms with van der Waals surface area (Å²) in [6.45, 7) is 5.37. The summed E-state index contributed by atoms with van der Waals surface area (Å²) in [4.78, 5) is 2.82. The van der Waals surface area contributed by atoms with Crippen LogP contribution >= 0.6 is 34.3 Å². The van der Waals surface area contributed by atoms with E-state index in [1.807, 2.05) is 17.4 Å². The molecule has 0 aliphatic heterocycles. The Morgan fingerprint density at radius 2 is 2.11 bits per heavy atom. The van der Waals surface area contributed by atoms with E-state index in [-0.39, 0.29) is 0 Å². The van der Waals surface area contributed by atoms with E-state index in [0.29, 0.717) is 6.04 Å². The van der Waals surface area contributed by atoms with Crippen molar-refractivity contribution in [3.8, 4) is 0 Å². The molecule has 0 saturated carbocycles. The van der Waals surface area contributed by atoms with Crippen molar-refractivity contribution in [1.82, 2.24) is 5.32 Å². The Morgan fingerprint density at radius 1 is 1.28 bits per heavy atom. The predicted molar refractivity (Wildman–Crippen MR) is 83.1 cm³/mol. The fraction of sp³-hybridized carbons (Fsp3) is 0.429. The smallest absolute Gasteiger partial charge is 0.0931 e. The fourth-order valence-corrected chi connectivity index (χ4v) is 4.32. The molecule has 2 heterocycles. The van der Waals surface area contributed by atoms with Gasteiger partial charge in [0.1, 0.15) is 0 Å². The maximum atomic E-state index is 6.01. The molecular weight excluding hydrogens is 282 g/mol. The molecule has 0 aliphatic rings. The number of halogens is 1. The molecular formula is C14H18ClNS2. The topological polar surface area (TPSA) is 12.0 Å². The SMILES string of the molecule is CCNC(Cc1ccc(Cl)s1)c1sccc1CC. The molecule has 1 atom stereocenters. The quantitative estimate of drug-likeness (QED) is 0.798. The van der Waals surface area contributed by atoms with Crippen molar-refractivity contribution < 1.29 is 0 Å². The maximum Gasteiger partial charge on any atom is 0.0931 e. The van der Waals surface area contributed by atoms with Gasteiger partial charge in [-0.3, -0.25) is 0 Å². The fourth-order valence-electron chi connectivity index (χ4n) is 2.11. The first kappa shape index (κ1) is 14.1. The lowest BCUT2D eigenvalue weighted by Crippen LogP contribution is -2.22. The molecule has 2 rings (SSSR count). The van der Waals surface area contributed by atoms with Crippen LogP contribution in [0.4, 0.5) is 0 Å². The third-order valence-corrected chi connectivity index (χ3v) is 5.29. The summed E-state index contributed by atoms with van der Waals surface area (Å²) in [5.41, 5.74) is 1.47. The van der Waals surface area contributed by atoms with Gasteiger partial charge in [-0.1, -0.05) is 25.4 Å². The lowest BCUT2D eigenvalue weighted by molar-refractivity contribution is 0.558. The molecule has 1 nitrogen and oxygen atoms in total. The van der Waals surface area contributed by atoms with Crippen LogP contribution in [0.25, 0.3) is 0 Å². The Labute approximate surface area is 122 Å². The monoisotopic (exact) mass is 299 g/mol. The van der Waals surface area contributed by atoms with Crippen LogP contribution in [0.1, 0.15) is 35.2 Å². The second-order valence-electron chi connectivity index (χ2n) is 4.18. The van der Waals surface area contributed by atoms with Crippen molar-refractivity contribution in [2.45, 2.75) is 32.7 Å². The van der Waals surface area contributed by atoms with E-state index >= 15 is 0 Å². The highest BCUT2D eigenvalue weighted by Crippen LogP contribution is 2.31. The van der Waals surface area contributed by atoms with Crippen LogP contribution in [-0.4, -0.2) is 6.54 Å². The van der Waals surface area contributed by atoms with Crippen LogP contribution in [0, 0.1) is 0 Å². The second-order valence-corrected chi connectivity index (χ2v) is 6.93. The molecule has 4 heteroatoms. The van der Waals surface area contributed by atoms with Gasteiger partial charge in [0.2, 0.25) is 0 Å². The Morgan fingerprint density at radius 3 is 2.72 bits per heavy atom. The lowest BCUT2D eigenvalue weighted by atomic mass is 10.1. The Hall–Kier alpha value is -0.350. The molecule has 18 heavy (non-hydrogen) atoms. The minimum Gasteiger partial charge on any atom is -0.309 e. The van der Waals surface area contributed by atoms with Gasteiger partial charge in [-0.2, -0.15) is 0 Å². The molecule has 1 N–H and O–H groups in total. The maximum absolute atomic E-state index is 6.01. The Bertz CT molecular complexity index is 489. The van der Waals surface area contributed by atoms with Crippen molar-refractivity contribution in [3.63, 3.8) is 0 Å². The summed E-state index contributed by atoms with van der Waals surface area (Å²) in [5.74, 6) is 0. The van der Waals surface area contributed by atoms with Gasteiger partial charge in [-0.05, 0) is 42.1 Å². The summed E-state index contributed by atoms with van der Waals surface area (Å²) >= 11 is 9.55. The van der Waals surface area contributed by atoms with Gasteiger partial charge in [0.25, 0.3) is 0 Å². The largest absolute Gasteiger partial charge is 0.309 e. The van der Waals surface area contributed by atoms with E-state index in [2.05, 4.69) is 36.7 Å². The van der Waals surface area contributed by atoms with Crippen molar-refractivity contribution in [1.29, 1.82) is 0 Å². The summed E-state index contributed by atoms with van der Waals surface area (Å²) < 4.78 is 0.877. The molecule has 2 aromatic rings. The second kappa shape index (κ2) is 6.71. The minimum absolute atomic E-state index is 0.416. The minimum atomic E-state index is 0.416. The molecule has 0 radical (unpaired) electrons. The van der Waals surface area contributed by atoms with Gasteiger partial charge in [0.05, 0.1) is 4.34 Å². The van der Waals surface area contributed by atoms with E-state index in [9.17, 15) is 0 Å². The first-order chi connectivity index (χ1) is 8.74. The number of likely N-dealkylation sites (N-methyl/N-ethyl adjacent to an activating group) is 1. The van der Waals surface area contributed by atoms with E-state index in [0.717, 1.165) is 23.7 Å². The highest BCUT2D eigenvalue weighted by Gasteiger charge is 2.16. The van der Waals surface area contributed by atoms with Gasteiger partial charge >= 0.3 is 0 Å². The van der Waals surface area contributed by atoms with E-state index in [1.54, 1.807) is 11.3 Å². The first-order valence-corrected chi connectivity index (χ1v) is 8.35. The zero-order chi connectivity index (χ0) is 13.0. The normalized spacial score (nSPS) is 12.8. The van der Waals surface area contributed by atoms with Gasteiger partial charge in [-0.25, -0.2) is 0 Å². The standard InChI is InChI=1S/C14H18ClNS2/c1-3-10-7-8-17-14(10)12(16-4-2)9-11-5-6-13(15)18-11/h5-8,12,16H,3-4,9H2,1-2H3. The van der Waals surface area contributed by atoms with Crippen molar-refractivity contribution in [2.75, 3.05) is 6.54 Å². The van der Waals surface area contributed by atoms with Crippen molar-refractivity contribution in [3.05, 3.63) is 43.2 Å². The van der Waals surface area contributed by atoms with Crippen molar-refractivity contribution in [2.24, 2.45) is 0 Å². The third-order valence-electron chi connectivity index (χ3n) is 2.96. The molecule has 0 fully saturated rings. The molecule has 0 spiro atoms. The zero-order valence-electron chi connectivity index (χ0n) is 10.7. The zero-order valence-corrected chi connectivity index (χ0v) is 13.1. The molecule has 0 saturated heterocycles. The molecule has 0 aromatic carbocycles. The summed E-state index contributed by atoms with van der Waals surface area (Å²) in [7, 11) is 0. The average molecular weight is 300 g/mol. The van der Waals surface area contributed by atoms with Crippen LogP contribution < -0.4 is 5.32 Å². The van der Waals surface area contributed by atoms with E-state index in [4.69, 9.17) is 11.6 Å². The van der Waals surface area contributed by atoms with Crippen LogP contribution in [0.15, 0.2) is 23.6 Å². The van der Waals surface area contributed by atoms with Gasteiger partial charge in [0.15, 0.2) is 0 Å². The average Bonchev–Trinajstić information content (AvgIpc) is 2.97. The van der Waals surface area contributed by atoms with E-state index in [1.165, 1.54) is 15.3 Å². The highest BCUT2D eigenvalue weighted by molar-refractivity contribution is 7.16. The molecule has 0 aliphatic carbocycles. The highest BCUT2D eigenvalue weighted by atomic mass is 35.5. The molecule has 2 aromatic heterocycles. The number of thiophene rings is 2. The van der Waals surface area contributed by atoms with Crippen LogP contribution in [0.2, 0.25) is 4.34 Å². The van der Waals surface area contributed by atoms with Gasteiger partial charge in [-0.15, -0.1) is 22.7 Å². The molecule has 98 valence electrons. The number of rotatable bonds is 6. The van der Waals surface area contributed by atoms with Crippen LogP contribution in [0.3, 0.4) is 0 Å². The summed E-state index contributed by atoms with van der Waals surface area (Å²) in [6, 6.07) is 6.78. The summed E-state index contributed by atoms with van der Waals surface area (Å²) in [5, 5.41) is 5.79. The van der Waals surface area contributed by atoms with Crippen LogP contribution in [-0.2, 0) is 12.8 Å². The molecule has 0 bridgehead atoms. The number of aryl methyl sites for hydroxylation is 1. The Balaban J connectivity index is 2.17. The summed E-state index contributed by atoms with van der Waals surface area (Å²) in [6.07, 6.45) is 2.13. The van der Waals surface area contributed by atoms with Gasteiger partial charge < -0.3 is 5.32 Å². The lowest BCUT2D eigenvalue weighted by Gasteiger charge is -2.17. The Kier molecular flexibility index (Phi) is 5.25. The van der Waals surface area contributed by atoms with Gasteiger partial charge in [0, 0.05) is 22.2 Å². The van der Waals surface area contributed by atoms with E-state index < -0.39 is 0 Å². The molecule has 0 amide bonds. The number of hydrogen-bond donors (Lipinski definition) is 1.